The number of hydrogen-bond donors (Lipinski definition) is 2. The van der Waals surface area contributed by atoms with Crippen molar-refractivity contribution in [3.05, 3.63) is 35.9 Å². The summed E-state index contributed by atoms with van der Waals surface area (Å²) in [6.07, 6.45) is 0.580. The lowest BCUT2D eigenvalue weighted by Crippen LogP contribution is -2.27. The molecular weight excluding hydrogens is 178 g/mol. The van der Waals surface area contributed by atoms with Crippen LogP contribution in [0.25, 0.3) is 0 Å². The Morgan fingerprint density at radius 3 is 2.57 bits per heavy atom. The highest BCUT2D eigenvalue weighted by Gasteiger charge is 2.16. The Hall–Kier alpha value is -1.35. The first-order valence-corrected chi connectivity index (χ1v) is 4.65. The zero-order valence-corrected chi connectivity index (χ0v) is 8.23. The molecule has 0 saturated carbocycles. The Balaban J connectivity index is 2.60. The zero-order chi connectivity index (χ0) is 10.4. The van der Waals surface area contributed by atoms with E-state index in [9.17, 15) is 4.79 Å². The highest BCUT2D eigenvalue weighted by Crippen LogP contribution is 2.08. The second-order valence-corrected chi connectivity index (χ2v) is 3.28. The maximum Gasteiger partial charge on any atom is 0.308 e. The van der Waals surface area contributed by atoms with Gasteiger partial charge in [0.05, 0.1) is 5.92 Å². The summed E-state index contributed by atoms with van der Waals surface area (Å²) in [7, 11) is 1.76. The average molecular weight is 193 g/mol. The van der Waals surface area contributed by atoms with Crippen molar-refractivity contribution in [1.82, 2.24) is 5.32 Å². The first-order chi connectivity index (χ1) is 6.74. The maximum absolute atomic E-state index is 10.9. The molecule has 3 nitrogen and oxygen atoms in total. The SMILES string of the molecule is CNC[C@@H](Cc1ccccc1)C(=O)O. The summed E-state index contributed by atoms with van der Waals surface area (Å²) in [5, 5.41) is 11.8. The van der Waals surface area contributed by atoms with Crippen LogP contribution in [0.5, 0.6) is 0 Å². The Labute approximate surface area is 83.8 Å². The molecule has 0 amide bonds. The topological polar surface area (TPSA) is 49.3 Å². The molecule has 0 aliphatic carbocycles. The molecule has 0 aromatic heterocycles. The van der Waals surface area contributed by atoms with Crippen LogP contribution in [0.4, 0.5) is 0 Å². The zero-order valence-electron chi connectivity index (χ0n) is 8.23. The third-order valence-corrected chi connectivity index (χ3v) is 2.12. The minimum absolute atomic E-state index is 0.345. The molecule has 0 aliphatic heterocycles. The standard InChI is InChI=1S/C11H15NO2/c1-12-8-10(11(13)14)7-9-5-3-2-4-6-9/h2-6,10,12H,7-8H2,1H3,(H,13,14)/t10-/m1/s1. The van der Waals surface area contributed by atoms with Crippen molar-refractivity contribution in [1.29, 1.82) is 0 Å². The molecule has 0 unspecified atom stereocenters. The Kier molecular flexibility index (Phi) is 4.13. The molecule has 0 aliphatic rings. The molecular formula is C11H15NO2. The number of benzene rings is 1. The predicted octanol–water partition coefficient (Wildman–Crippen LogP) is 1.15. The summed E-state index contributed by atoms with van der Waals surface area (Å²) >= 11 is 0. The van der Waals surface area contributed by atoms with Crippen molar-refractivity contribution in [3.63, 3.8) is 0 Å². The molecule has 76 valence electrons. The molecule has 0 fully saturated rings. The quantitative estimate of drug-likeness (QED) is 0.737. The largest absolute Gasteiger partial charge is 0.481 e. The molecule has 1 rings (SSSR count). The van der Waals surface area contributed by atoms with Crippen LogP contribution < -0.4 is 5.32 Å². The van der Waals surface area contributed by atoms with Gasteiger partial charge in [-0.2, -0.15) is 0 Å². The molecule has 1 atom stereocenters. The predicted molar refractivity (Wildman–Crippen MR) is 55.2 cm³/mol. The lowest BCUT2D eigenvalue weighted by Gasteiger charge is -2.11. The van der Waals surface area contributed by atoms with E-state index in [1.165, 1.54) is 0 Å². The number of rotatable bonds is 5. The third-order valence-electron chi connectivity index (χ3n) is 2.12. The normalized spacial score (nSPS) is 12.4. The number of carbonyl (C=O) groups is 1. The van der Waals surface area contributed by atoms with Gasteiger partial charge >= 0.3 is 5.97 Å². The summed E-state index contributed by atoms with van der Waals surface area (Å²) < 4.78 is 0. The lowest BCUT2D eigenvalue weighted by atomic mass is 9.99. The van der Waals surface area contributed by atoms with E-state index in [0.29, 0.717) is 13.0 Å². The van der Waals surface area contributed by atoms with E-state index in [-0.39, 0.29) is 5.92 Å². The highest BCUT2D eigenvalue weighted by molar-refractivity contribution is 5.70. The first-order valence-electron chi connectivity index (χ1n) is 4.65. The third kappa shape index (κ3) is 3.18. The molecule has 2 N–H and O–H groups in total. The van der Waals surface area contributed by atoms with Crippen molar-refractivity contribution in [2.45, 2.75) is 6.42 Å². The Morgan fingerprint density at radius 1 is 1.43 bits per heavy atom. The van der Waals surface area contributed by atoms with Crippen LogP contribution in [0.3, 0.4) is 0 Å². The van der Waals surface area contributed by atoms with Crippen molar-refractivity contribution < 1.29 is 9.90 Å². The van der Waals surface area contributed by atoms with Crippen molar-refractivity contribution in [3.8, 4) is 0 Å². The molecule has 14 heavy (non-hydrogen) atoms. The highest BCUT2D eigenvalue weighted by atomic mass is 16.4. The summed E-state index contributed by atoms with van der Waals surface area (Å²) in [4.78, 5) is 10.9. The van der Waals surface area contributed by atoms with Crippen LogP contribution in [0.2, 0.25) is 0 Å². The van der Waals surface area contributed by atoms with Gasteiger partial charge in [0.2, 0.25) is 0 Å². The summed E-state index contributed by atoms with van der Waals surface area (Å²) in [5.41, 5.74) is 1.06. The van der Waals surface area contributed by atoms with E-state index in [4.69, 9.17) is 5.11 Å². The van der Waals surface area contributed by atoms with Crippen molar-refractivity contribution >= 4 is 5.97 Å². The lowest BCUT2D eigenvalue weighted by molar-refractivity contribution is -0.141. The van der Waals surface area contributed by atoms with Crippen LogP contribution >= 0.6 is 0 Å². The minimum Gasteiger partial charge on any atom is -0.481 e. The number of carboxylic acid groups (broad SMARTS) is 1. The van der Waals surface area contributed by atoms with E-state index in [1.54, 1.807) is 7.05 Å². The molecule has 0 spiro atoms. The molecule has 0 radical (unpaired) electrons. The molecule has 1 aromatic carbocycles. The number of nitrogens with one attached hydrogen (secondary N) is 1. The fourth-order valence-electron chi connectivity index (χ4n) is 1.39. The van der Waals surface area contributed by atoms with Gasteiger partial charge in [-0.1, -0.05) is 30.3 Å². The number of carboxylic acids is 1. The van der Waals surface area contributed by atoms with Crippen LogP contribution in [-0.4, -0.2) is 24.7 Å². The van der Waals surface area contributed by atoms with E-state index >= 15 is 0 Å². The van der Waals surface area contributed by atoms with Gasteiger partial charge < -0.3 is 10.4 Å². The first kappa shape index (κ1) is 10.7. The summed E-state index contributed by atoms with van der Waals surface area (Å²) in [6.45, 7) is 0.504. The van der Waals surface area contributed by atoms with Crippen molar-refractivity contribution in [2.75, 3.05) is 13.6 Å². The molecule has 0 heterocycles. The van der Waals surface area contributed by atoms with Gasteiger partial charge in [-0.15, -0.1) is 0 Å². The Bertz CT molecular complexity index is 285. The van der Waals surface area contributed by atoms with Gasteiger partial charge in [-0.3, -0.25) is 4.79 Å². The van der Waals surface area contributed by atoms with Gasteiger partial charge in [-0.25, -0.2) is 0 Å². The summed E-state index contributed by atoms with van der Waals surface area (Å²) in [6, 6.07) is 9.68. The molecule has 3 heteroatoms. The van der Waals surface area contributed by atoms with E-state index in [2.05, 4.69) is 5.32 Å². The smallest absolute Gasteiger partial charge is 0.308 e. The molecule has 0 saturated heterocycles. The number of hydrogen-bond acceptors (Lipinski definition) is 2. The Morgan fingerprint density at radius 2 is 2.07 bits per heavy atom. The molecule has 1 aromatic rings. The summed E-state index contributed by atoms with van der Waals surface area (Å²) in [5.74, 6) is -1.09. The van der Waals surface area contributed by atoms with Gasteiger partial charge in [0.15, 0.2) is 0 Å². The van der Waals surface area contributed by atoms with Crippen LogP contribution in [0, 0.1) is 5.92 Å². The monoisotopic (exact) mass is 193 g/mol. The maximum atomic E-state index is 10.9. The number of aliphatic carboxylic acids is 1. The fraction of sp³-hybridized carbons (Fsp3) is 0.364. The van der Waals surface area contributed by atoms with Gasteiger partial charge in [-0.05, 0) is 19.0 Å². The van der Waals surface area contributed by atoms with Crippen LogP contribution in [-0.2, 0) is 11.2 Å². The van der Waals surface area contributed by atoms with Crippen molar-refractivity contribution in [2.24, 2.45) is 5.92 Å². The second-order valence-electron chi connectivity index (χ2n) is 3.28. The van der Waals surface area contributed by atoms with E-state index in [0.717, 1.165) is 5.56 Å². The van der Waals surface area contributed by atoms with Gasteiger partial charge in [0, 0.05) is 6.54 Å². The van der Waals surface area contributed by atoms with Crippen LogP contribution in [0.1, 0.15) is 5.56 Å². The van der Waals surface area contributed by atoms with Crippen LogP contribution in [0.15, 0.2) is 30.3 Å². The van der Waals surface area contributed by atoms with E-state index in [1.807, 2.05) is 30.3 Å². The van der Waals surface area contributed by atoms with E-state index < -0.39 is 5.97 Å². The fourth-order valence-corrected chi connectivity index (χ4v) is 1.39. The van der Waals surface area contributed by atoms with Gasteiger partial charge in [0.25, 0.3) is 0 Å². The minimum atomic E-state index is -0.747. The van der Waals surface area contributed by atoms with Gasteiger partial charge in [0.1, 0.15) is 0 Å². The molecule has 0 bridgehead atoms. The average Bonchev–Trinajstić information content (AvgIpc) is 2.18. The second kappa shape index (κ2) is 5.40.